The van der Waals surface area contributed by atoms with Gasteiger partial charge in [0.05, 0.1) is 12.2 Å². The Balaban J connectivity index is 1.69. The summed E-state index contributed by atoms with van der Waals surface area (Å²) in [7, 11) is 0. The lowest BCUT2D eigenvalue weighted by atomic mass is 9.44. The maximum atomic E-state index is 12.4. The van der Waals surface area contributed by atoms with E-state index in [4.69, 9.17) is 0 Å². The fourth-order valence-corrected chi connectivity index (χ4v) is 6.97. The number of carbonyl (C=O) groups is 1. The number of Topliss-reactive ketones (excluding diaryl/α,β-unsaturated/α-hetero) is 1. The van der Waals surface area contributed by atoms with Crippen LogP contribution in [0.1, 0.15) is 65.2 Å². The summed E-state index contributed by atoms with van der Waals surface area (Å²) in [5, 5.41) is 20.9. The van der Waals surface area contributed by atoms with Crippen LogP contribution in [-0.2, 0) is 4.79 Å². The Morgan fingerprint density at radius 1 is 1.00 bits per heavy atom. The Morgan fingerprint density at radius 3 is 2.55 bits per heavy atom. The number of rotatable bonds is 0. The second-order valence-corrected chi connectivity index (χ2v) is 9.14. The minimum atomic E-state index is -0.274. The van der Waals surface area contributed by atoms with Crippen molar-refractivity contribution in [3.63, 3.8) is 0 Å². The van der Waals surface area contributed by atoms with E-state index in [9.17, 15) is 15.0 Å². The topological polar surface area (TPSA) is 57.5 Å². The SMILES string of the molecule is C[C@]12CC[C@H](O)C[C@@H]1C[C@@H](O)[C@@H]1[C@@H]2CC[C@]2(C)C(=O)CC[C@@H]12. The van der Waals surface area contributed by atoms with E-state index in [0.29, 0.717) is 29.5 Å². The van der Waals surface area contributed by atoms with Gasteiger partial charge in [0.25, 0.3) is 0 Å². The van der Waals surface area contributed by atoms with Crippen LogP contribution < -0.4 is 0 Å². The molecule has 4 aliphatic rings. The van der Waals surface area contributed by atoms with Gasteiger partial charge < -0.3 is 10.2 Å². The maximum Gasteiger partial charge on any atom is 0.139 e. The van der Waals surface area contributed by atoms with Crippen LogP contribution in [0.2, 0.25) is 0 Å². The first-order valence-corrected chi connectivity index (χ1v) is 9.25. The third kappa shape index (κ3) is 1.84. The monoisotopic (exact) mass is 306 g/mol. The van der Waals surface area contributed by atoms with Gasteiger partial charge in [-0.2, -0.15) is 0 Å². The van der Waals surface area contributed by atoms with Crippen molar-refractivity contribution in [2.24, 2.45) is 34.5 Å². The molecule has 3 nitrogen and oxygen atoms in total. The van der Waals surface area contributed by atoms with Crippen molar-refractivity contribution in [2.45, 2.75) is 77.4 Å². The molecule has 3 heteroatoms. The van der Waals surface area contributed by atoms with Gasteiger partial charge in [-0.25, -0.2) is 0 Å². The van der Waals surface area contributed by atoms with Crippen molar-refractivity contribution < 1.29 is 15.0 Å². The first kappa shape index (κ1) is 15.1. The zero-order chi connectivity index (χ0) is 15.7. The molecule has 0 amide bonds. The summed E-state index contributed by atoms with van der Waals surface area (Å²) in [5.74, 6) is 2.13. The highest BCUT2D eigenvalue weighted by atomic mass is 16.3. The van der Waals surface area contributed by atoms with E-state index < -0.39 is 0 Å². The molecule has 0 unspecified atom stereocenters. The molecule has 124 valence electrons. The average Bonchev–Trinajstić information content (AvgIpc) is 2.77. The lowest BCUT2D eigenvalue weighted by Gasteiger charge is -2.61. The van der Waals surface area contributed by atoms with E-state index in [-0.39, 0.29) is 23.0 Å². The predicted molar refractivity (Wildman–Crippen MR) is 84.1 cm³/mol. The van der Waals surface area contributed by atoms with E-state index in [2.05, 4.69) is 13.8 Å². The minimum absolute atomic E-state index is 0.167. The van der Waals surface area contributed by atoms with Crippen molar-refractivity contribution in [1.29, 1.82) is 0 Å². The van der Waals surface area contributed by atoms with Gasteiger partial charge in [0.1, 0.15) is 5.78 Å². The molecule has 0 aromatic rings. The van der Waals surface area contributed by atoms with E-state index in [0.717, 1.165) is 51.4 Å². The summed E-state index contributed by atoms with van der Waals surface area (Å²) < 4.78 is 0. The van der Waals surface area contributed by atoms with Crippen LogP contribution in [0.15, 0.2) is 0 Å². The number of carbonyl (C=O) groups excluding carboxylic acids is 1. The van der Waals surface area contributed by atoms with Crippen LogP contribution in [0.4, 0.5) is 0 Å². The molecular formula is C19H30O3. The number of hydrogen-bond donors (Lipinski definition) is 2. The van der Waals surface area contributed by atoms with Crippen molar-refractivity contribution in [3.8, 4) is 0 Å². The third-order valence-electron chi connectivity index (χ3n) is 8.36. The molecular weight excluding hydrogens is 276 g/mol. The first-order chi connectivity index (χ1) is 10.4. The smallest absolute Gasteiger partial charge is 0.139 e. The highest BCUT2D eigenvalue weighted by Crippen LogP contribution is 2.65. The van der Waals surface area contributed by atoms with Crippen LogP contribution in [0.5, 0.6) is 0 Å². The van der Waals surface area contributed by atoms with Crippen LogP contribution in [0, 0.1) is 34.5 Å². The molecule has 22 heavy (non-hydrogen) atoms. The molecule has 0 bridgehead atoms. The second kappa shape index (κ2) is 4.80. The van der Waals surface area contributed by atoms with Gasteiger partial charge >= 0.3 is 0 Å². The number of hydrogen-bond acceptors (Lipinski definition) is 3. The van der Waals surface area contributed by atoms with E-state index in [1.54, 1.807) is 0 Å². The molecule has 2 N–H and O–H groups in total. The Kier molecular flexibility index (Phi) is 3.30. The maximum absolute atomic E-state index is 12.4. The number of fused-ring (bicyclic) bond motifs is 5. The second-order valence-electron chi connectivity index (χ2n) is 9.14. The third-order valence-corrected chi connectivity index (χ3v) is 8.36. The molecule has 0 aliphatic heterocycles. The quantitative estimate of drug-likeness (QED) is 0.723. The fourth-order valence-electron chi connectivity index (χ4n) is 6.97. The predicted octanol–water partition coefficient (Wildman–Crippen LogP) is 2.93. The van der Waals surface area contributed by atoms with Gasteiger partial charge in [0.2, 0.25) is 0 Å². The average molecular weight is 306 g/mol. The molecule has 4 saturated carbocycles. The van der Waals surface area contributed by atoms with Crippen LogP contribution in [0.3, 0.4) is 0 Å². The van der Waals surface area contributed by atoms with Gasteiger partial charge in [0.15, 0.2) is 0 Å². The Morgan fingerprint density at radius 2 is 1.77 bits per heavy atom. The summed E-state index contributed by atoms with van der Waals surface area (Å²) in [6.07, 6.45) is 7.03. The van der Waals surface area contributed by atoms with Gasteiger partial charge in [-0.3, -0.25) is 4.79 Å². The molecule has 0 aromatic heterocycles. The zero-order valence-electron chi connectivity index (χ0n) is 13.9. The van der Waals surface area contributed by atoms with Crippen molar-refractivity contribution in [1.82, 2.24) is 0 Å². The number of aliphatic hydroxyl groups excluding tert-OH is 2. The minimum Gasteiger partial charge on any atom is -0.393 e. The largest absolute Gasteiger partial charge is 0.393 e. The number of aliphatic hydroxyl groups is 2. The first-order valence-electron chi connectivity index (χ1n) is 9.25. The molecule has 0 heterocycles. The Bertz CT molecular complexity index is 489. The van der Waals surface area contributed by atoms with E-state index in [1.165, 1.54) is 0 Å². The standard InChI is InChI=1S/C19H30O3/c1-18-7-5-12(20)9-11(18)10-15(21)17-13-3-4-16(22)19(13,2)8-6-14(17)18/h11-15,17,20-21H,3-10H2,1-2H3/t11-,12+,13+,14+,15-,17+,18+,19+/m1/s1. The van der Waals surface area contributed by atoms with Crippen molar-refractivity contribution in [2.75, 3.05) is 0 Å². The summed E-state index contributed by atoms with van der Waals surface area (Å²) in [6.45, 7) is 4.57. The molecule has 8 atom stereocenters. The van der Waals surface area contributed by atoms with E-state index in [1.807, 2.05) is 0 Å². The van der Waals surface area contributed by atoms with Gasteiger partial charge in [-0.1, -0.05) is 13.8 Å². The van der Waals surface area contributed by atoms with Crippen LogP contribution in [0.25, 0.3) is 0 Å². The Hall–Kier alpha value is -0.410. The van der Waals surface area contributed by atoms with Gasteiger partial charge in [0, 0.05) is 11.8 Å². The highest BCUT2D eigenvalue weighted by Gasteiger charge is 2.62. The molecule has 0 radical (unpaired) electrons. The molecule has 4 rings (SSSR count). The molecule has 0 saturated heterocycles. The van der Waals surface area contributed by atoms with Gasteiger partial charge in [-0.15, -0.1) is 0 Å². The van der Waals surface area contributed by atoms with Crippen molar-refractivity contribution in [3.05, 3.63) is 0 Å². The summed E-state index contributed by atoms with van der Waals surface area (Å²) in [5.41, 5.74) is 0.0929. The lowest BCUT2D eigenvalue weighted by Crippen LogP contribution is -2.58. The summed E-state index contributed by atoms with van der Waals surface area (Å²) in [6, 6.07) is 0. The zero-order valence-corrected chi connectivity index (χ0v) is 13.9. The van der Waals surface area contributed by atoms with E-state index >= 15 is 0 Å². The fraction of sp³-hybridized carbons (Fsp3) is 0.947. The van der Waals surface area contributed by atoms with Crippen LogP contribution >= 0.6 is 0 Å². The van der Waals surface area contributed by atoms with Gasteiger partial charge in [-0.05, 0) is 74.0 Å². The molecule has 4 aliphatic carbocycles. The highest BCUT2D eigenvalue weighted by molar-refractivity contribution is 5.87. The summed E-state index contributed by atoms with van der Waals surface area (Å²) in [4.78, 5) is 12.4. The number of ketones is 1. The normalized spacial score (nSPS) is 57.9. The molecule has 0 aromatic carbocycles. The van der Waals surface area contributed by atoms with Crippen LogP contribution in [-0.4, -0.2) is 28.2 Å². The molecule has 0 spiro atoms. The lowest BCUT2D eigenvalue weighted by molar-refractivity contribution is -0.171. The van der Waals surface area contributed by atoms with Crippen molar-refractivity contribution >= 4 is 5.78 Å². The summed E-state index contributed by atoms with van der Waals surface area (Å²) >= 11 is 0. The Labute approximate surface area is 133 Å². The molecule has 4 fully saturated rings.